The summed E-state index contributed by atoms with van der Waals surface area (Å²) in [5.74, 6) is 0. The first-order valence-corrected chi connectivity index (χ1v) is 6.02. The number of amides is 1. The van der Waals surface area contributed by atoms with E-state index in [0.29, 0.717) is 13.1 Å². The van der Waals surface area contributed by atoms with E-state index >= 15 is 0 Å². The number of carbonyl (C=O) groups excluding carboxylic acids is 1. The molecule has 0 aliphatic carbocycles. The fraction of sp³-hybridized carbons (Fsp3) is 0.538. The second kappa shape index (κ2) is 4.48. The molecule has 0 unspecified atom stereocenters. The predicted molar refractivity (Wildman–Crippen MR) is 69.0 cm³/mol. The van der Waals surface area contributed by atoms with Gasteiger partial charge in [0.15, 0.2) is 0 Å². The molecule has 18 heavy (non-hydrogen) atoms. The van der Waals surface area contributed by atoms with Gasteiger partial charge in [-0.25, -0.2) is 4.79 Å². The quantitative estimate of drug-likeness (QED) is 0.765. The Morgan fingerprint density at radius 2 is 2.17 bits per heavy atom. The summed E-state index contributed by atoms with van der Waals surface area (Å²) in [6.07, 6.45) is 3.53. The normalized spacial score (nSPS) is 15.8. The largest absolute Gasteiger partial charge is 0.444 e. The lowest BCUT2D eigenvalue weighted by molar-refractivity contribution is 0.0306. The SMILES string of the molecule is Cn1nccc1C1=CCN(C(=O)OC(C)(C)C)C1. The van der Waals surface area contributed by atoms with Gasteiger partial charge >= 0.3 is 6.09 Å². The summed E-state index contributed by atoms with van der Waals surface area (Å²) in [4.78, 5) is 13.6. The zero-order chi connectivity index (χ0) is 13.3. The molecule has 0 bridgehead atoms. The maximum absolute atomic E-state index is 11.9. The number of nitrogens with zero attached hydrogens (tertiary/aromatic N) is 3. The molecule has 0 saturated heterocycles. The molecule has 1 aliphatic heterocycles. The summed E-state index contributed by atoms with van der Waals surface area (Å²) >= 11 is 0. The molecular formula is C13H19N3O2. The summed E-state index contributed by atoms with van der Waals surface area (Å²) in [7, 11) is 1.90. The first-order chi connectivity index (χ1) is 8.37. The fourth-order valence-corrected chi connectivity index (χ4v) is 1.90. The third kappa shape index (κ3) is 2.72. The van der Waals surface area contributed by atoms with Gasteiger partial charge < -0.3 is 9.64 Å². The van der Waals surface area contributed by atoms with Crippen LogP contribution in [-0.2, 0) is 11.8 Å². The first-order valence-electron chi connectivity index (χ1n) is 6.02. The van der Waals surface area contributed by atoms with Crippen LogP contribution >= 0.6 is 0 Å². The lowest BCUT2D eigenvalue weighted by atomic mass is 10.2. The molecule has 98 valence electrons. The van der Waals surface area contributed by atoms with Gasteiger partial charge in [0.1, 0.15) is 5.60 Å². The molecule has 2 heterocycles. The molecule has 1 amide bonds. The lowest BCUT2D eigenvalue weighted by Crippen LogP contribution is -2.35. The second-order valence-corrected chi connectivity index (χ2v) is 5.43. The van der Waals surface area contributed by atoms with Crippen LogP contribution < -0.4 is 0 Å². The van der Waals surface area contributed by atoms with E-state index in [-0.39, 0.29) is 6.09 Å². The fourth-order valence-electron chi connectivity index (χ4n) is 1.90. The Labute approximate surface area is 107 Å². The Balaban J connectivity index is 2.00. The summed E-state index contributed by atoms with van der Waals surface area (Å²) in [6, 6.07) is 1.95. The van der Waals surface area contributed by atoms with Gasteiger partial charge in [0.25, 0.3) is 0 Å². The average Bonchev–Trinajstić information content (AvgIpc) is 2.82. The van der Waals surface area contributed by atoms with Crippen LogP contribution in [0.5, 0.6) is 0 Å². The Morgan fingerprint density at radius 1 is 1.44 bits per heavy atom. The molecule has 5 heteroatoms. The minimum absolute atomic E-state index is 0.268. The Kier molecular flexibility index (Phi) is 3.15. The maximum Gasteiger partial charge on any atom is 0.410 e. The highest BCUT2D eigenvalue weighted by molar-refractivity contribution is 5.76. The van der Waals surface area contributed by atoms with Crippen LogP contribution in [0, 0.1) is 0 Å². The van der Waals surface area contributed by atoms with E-state index in [1.807, 2.05) is 44.6 Å². The Morgan fingerprint density at radius 3 is 2.72 bits per heavy atom. The van der Waals surface area contributed by atoms with E-state index in [1.54, 1.807) is 11.1 Å². The van der Waals surface area contributed by atoms with Gasteiger partial charge in [-0.3, -0.25) is 4.68 Å². The van der Waals surface area contributed by atoms with Crippen molar-refractivity contribution < 1.29 is 9.53 Å². The smallest absolute Gasteiger partial charge is 0.410 e. The molecule has 1 aliphatic rings. The van der Waals surface area contributed by atoms with Crippen LogP contribution in [0.4, 0.5) is 4.79 Å². The maximum atomic E-state index is 11.9. The van der Waals surface area contributed by atoms with Crippen molar-refractivity contribution in [1.82, 2.24) is 14.7 Å². The van der Waals surface area contributed by atoms with E-state index < -0.39 is 5.60 Å². The molecule has 0 aromatic carbocycles. The van der Waals surface area contributed by atoms with Crippen molar-refractivity contribution in [1.29, 1.82) is 0 Å². The van der Waals surface area contributed by atoms with Crippen LogP contribution in [0.2, 0.25) is 0 Å². The highest BCUT2D eigenvalue weighted by atomic mass is 16.6. The van der Waals surface area contributed by atoms with Gasteiger partial charge in [-0.05, 0) is 32.4 Å². The van der Waals surface area contributed by atoms with Crippen molar-refractivity contribution in [3.63, 3.8) is 0 Å². The standard InChI is InChI=1S/C13H19N3O2/c1-13(2,3)18-12(17)16-8-6-10(9-16)11-5-7-14-15(11)4/h5-7H,8-9H2,1-4H3. The molecule has 0 fully saturated rings. The van der Waals surface area contributed by atoms with E-state index in [1.165, 1.54) is 0 Å². The number of rotatable bonds is 1. The van der Waals surface area contributed by atoms with Crippen molar-refractivity contribution >= 4 is 11.7 Å². The van der Waals surface area contributed by atoms with Crippen LogP contribution in [0.1, 0.15) is 26.5 Å². The molecule has 0 saturated carbocycles. The molecule has 0 radical (unpaired) electrons. The van der Waals surface area contributed by atoms with Crippen molar-refractivity contribution in [2.24, 2.45) is 7.05 Å². The van der Waals surface area contributed by atoms with Crippen LogP contribution in [0.25, 0.3) is 5.57 Å². The third-order valence-corrected chi connectivity index (χ3v) is 2.72. The van der Waals surface area contributed by atoms with E-state index in [4.69, 9.17) is 4.74 Å². The van der Waals surface area contributed by atoms with Crippen molar-refractivity contribution in [3.05, 3.63) is 24.0 Å². The van der Waals surface area contributed by atoms with Gasteiger partial charge in [0, 0.05) is 19.8 Å². The number of hydrogen-bond donors (Lipinski definition) is 0. The van der Waals surface area contributed by atoms with Crippen molar-refractivity contribution in [2.75, 3.05) is 13.1 Å². The van der Waals surface area contributed by atoms with E-state index in [0.717, 1.165) is 11.3 Å². The number of aromatic nitrogens is 2. The van der Waals surface area contributed by atoms with Gasteiger partial charge in [-0.1, -0.05) is 6.08 Å². The molecule has 0 N–H and O–H groups in total. The average molecular weight is 249 g/mol. The molecular weight excluding hydrogens is 230 g/mol. The number of ether oxygens (including phenoxy) is 1. The van der Waals surface area contributed by atoms with Crippen LogP contribution in [-0.4, -0.2) is 39.5 Å². The predicted octanol–water partition coefficient (Wildman–Crippen LogP) is 2.05. The summed E-state index contributed by atoms with van der Waals surface area (Å²) in [5.41, 5.74) is 1.70. The highest BCUT2D eigenvalue weighted by Crippen LogP contribution is 2.21. The first kappa shape index (κ1) is 12.7. The van der Waals surface area contributed by atoms with E-state index in [2.05, 4.69) is 5.10 Å². The second-order valence-electron chi connectivity index (χ2n) is 5.43. The van der Waals surface area contributed by atoms with E-state index in [9.17, 15) is 4.79 Å². The van der Waals surface area contributed by atoms with Crippen molar-refractivity contribution in [2.45, 2.75) is 26.4 Å². The monoisotopic (exact) mass is 249 g/mol. The van der Waals surface area contributed by atoms with Crippen LogP contribution in [0.15, 0.2) is 18.3 Å². The number of aryl methyl sites for hydroxylation is 1. The van der Waals surface area contributed by atoms with Gasteiger partial charge in [-0.15, -0.1) is 0 Å². The molecule has 0 spiro atoms. The minimum atomic E-state index is -0.452. The number of carbonyl (C=O) groups is 1. The van der Waals surface area contributed by atoms with Crippen LogP contribution in [0.3, 0.4) is 0 Å². The van der Waals surface area contributed by atoms with Gasteiger partial charge in [-0.2, -0.15) is 5.10 Å². The number of hydrogen-bond acceptors (Lipinski definition) is 3. The zero-order valence-electron chi connectivity index (χ0n) is 11.3. The zero-order valence-corrected chi connectivity index (χ0v) is 11.3. The van der Waals surface area contributed by atoms with Gasteiger partial charge in [0.05, 0.1) is 12.2 Å². The summed E-state index contributed by atoms with van der Waals surface area (Å²) < 4.78 is 7.16. The highest BCUT2D eigenvalue weighted by Gasteiger charge is 2.26. The summed E-state index contributed by atoms with van der Waals surface area (Å²) in [5, 5.41) is 4.13. The Bertz CT molecular complexity index is 483. The molecule has 0 atom stereocenters. The molecule has 5 nitrogen and oxygen atoms in total. The third-order valence-electron chi connectivity index (χ3n) is 2.72. The van der Waals surface area contributed by atoms with Crippen molar-refractivity contribution in [3.8, 4) is 0 Å². The minimum Gasteiger partial charge on any atom is -0.444 e. The molecule has 2 rings (SSSR count). The lowest BCUT2D eigenvalue weighted by Gasteiger charge is -2.24. The summed E-state index contributed by atoms with van der Waals surface area (Å²) in [6.45, 7) is 6.78. The Hall–Kier alpha value is -1.78. The molecule has 1 aromatic heterocycles. The van der Waals surface area contributed by atoms with Gasteiger partial charge in [0.2, 0.25) is 0 Å². The molecule has 1 aromatic rings. The topological polar surface area (TPSA) is 47.4 Å².